The fraction of sp³-hybridized carbons (Fsp3) is 0.455. The number of anilines is 4. The highest BCUT2D eigenvalue weighted by Gasteiger charge is 2.19. The summed E-state index contributed by atoms with van der Waals surface area (Å²) in [5, 5.41) is 12.7. The van der Waals surface area contributed by atoms with Gasteiger partial charge in [-0.2, -0.15) is 0 Å². The summed E-state index contributed by atoms with van der Waals surface area (Å²) in [7, 11) is 0. The lowest BCUT2D eigenvalue weighted by atomic mass is 10.3. The van der Waals surface area contributed by atoms with Crippen LogP contribution < -0.4 is 19.6 Å². The number of aromatic nitrogens is 4. The van der Waals surface area contributed by atoms with Crippen molar-refractivity contribution in [1.82, 2.24) is 19.9 Å². The van der Waals surface area contributed by atoms with Crippen molar-refractivity contribution in [3.63, 3.8) is 0 Å². The van der Waals surface area contributed by atoms with Crippen molar-refractivity contribution in [3.05, 3.63) is 46.3 Å². The number of hydrogen-bond donors (Lipinski definition) is 0. The van der Waals surface area contributed by atoms with E-state index in [9.17, 15) is 0 Å². The molecule has 0 saturated carbocycles. The van der Waals surface area contributed by atoms with Crippen LogP contribution in [0.3, 0.4) is 0 Å². The van der Waals surface area contributed by atoms with Crippen molar-refractivity contribution < 1.29 is 0 Å². The third kappa shape index (κ3) is 6.04. The number of hydrogen-bond acceptors (Lipinski definition) is 12. The molecule has 5 heterocycles. The summed E-state index contributed by atoms with van der Waals surface area (Å²) in [5.41, 5.74) is 0. The maximum absolute atomic E-state index is 4.61. The Morgan fingerprint density at radius 1 is 0.412 bits per heavy atom. The number of thiazole rings is 4. The van der Waals surface area contributed by atoms with Crippen molar-refractivity contribution in [3.8, 4) is 0 Å². The van der Waals surface area contributed by atoms with Gasteiger partial charge in [-0.25, -0.2) is 19.9 Å². The predicted molar refractivity (Wildman–Crippen MR) is 147 cm³/mol. The SMILES string of the molecule is c1csc(N2CCCN(c3nccs3)CCN(c3nccs3)CCCN(c3nccs3)CC2)n1. The topological polar surface area (TPSA) is 64.5 Å². The van der Waals surface area contributed by atoms with Crippen molar-refractivity contribution in [2.75, 3.05) is 72.0 Å². The van der Waals surface area contributed by atoms with E-state index in [1.165, 1.54) is 0 Å². The van der Waals surface area contributed by atoms with E-state index < -0.39 is 0 Å². The van der Waals surface area contributed by atoms with Gasteiger partial charge in [-0.05, 0) is 12.8 Å². The van der Waals surface area contributed by atoms with Crippen LogP contribution in [0.1, 0.15) is 12.8 Å². The molecule has 4 aromatic rings. The molecule has 180 valence electrons. The van der Waals surface area contributed by atoms with Crippen LogP contribution in [0.5, 0.6) is 0 Å². The molecule has 0 radical (unpaired) electrons. The molecule has 4 aromatic heterocycles. The van der Waals surface area contributed by atoms with Gasteiger partial charge in [0.2, 0.25) is 0 Å². The molecule has 12 heteroatoms. The Morgan fingerprint density at radius 2 is 0.676 bits per heavy atom. The van der Waals surface area contributed by atoms with Crippen LogP contribution in [0.15, 0.2) is 46.3 Å². The number of nitrogens with zero attached hydrogens (tertiary/aromatic N) is 8. The van der Waals surface area contributed by atoms with Gasteiger partial charge in [0.25, 0.3) is 0 Å². The van der Waals surface area contributed by atoms with Crippen LogP contribution >= 0.6 is 45.3 Å². The standard InChI is InChI=1S/C22H28N8S4/c1-7-27(19-23-3-15-31-19)11-13-29(21-25-5-17-33-21)9-2-10-30(22-26-6-18-34-22)14-12-28(8-1)20-24-4-16-32-20/h3-6,15-18H,1-2,7-14H2. The summed E-state index contributed by atoms with van der Waals surface area (Å²) in [6.45, 7) is 7.60. The molecule has 0 spiro atoms. The lowest BCUT2D eigenvalue weighted by Gasteiger charge is -2.32. The Labute approximate surface area is 216 Å². The first kappa shape index (κ1) is 23.5. The molecule has 1 fully saturated rings. The molecule has 5 rings (SSSR count). The van der Waals surface area contributed by atoms with Gasteiger partial charge in [-0.15, -0.1) is 45.3 Å². The van der Waals surface area contributed by atoms with Gasteiger partial charge in [0.05, 0.1) is 0 Å². The molecule has 34 heavy (non-hydrogen) atoms. The van der Waals surface area contributed by atoms with Crippen LogP contribution in [-0.4, -0.2) is 72.3 Å². The lowest BCUT2D eigenvalue weighted by molar-refractivity contribution is 0.630. The second-order valence-electron chi connectivity index (χ2n) is 7.91. The van der Waals surface area contributed by atoms with Gasteiger partial charge in [0, 0.05) is 98.7 Å². The van der Waals surface area contributed by atoms with Gasteiger partial charge in [0.1, 0.15) is 0 Å². The first-order chi connectivity index (χ1) is 16.9. The third-order valence-corrected chi connectivity index (χ3v) is 9.08. The maximum Gasteiger partial charge on any atom is 0.185 e. The molecular weight excluding hydrogens is 505 g/mol. The summed E-state index contributed by atoms with van der Waals surface area (Å²) in [6.07, 6.45) is 9.71. The molecule has 0 N–H and O–H groups in total. The summed E-state index contributed by atoms with van der Waals surface area (Å²) >= 11 is 6.87. The molecule has 1 aliphatic rings. The molecule has 1 saturated heterocycles. The molecule has 0 amide bonds. The molecule has 0 aromatic carbocycles. The van der Waals surface area contributed by atoms with E-state index in [4.69, 9.17) is 0 Å². The van der Waals surface area contributed by atoms with E-state index in [0.29, 0.717) is 0 Å². The summed E-state index contributed by atoms with van der Waals surface area (Å²) in [4.78, 5) is 28.2. The largest absolute Gasteiger partial charge is 0.346 e. The second kappa shape index (κ2) is 11.9. The highest BCUT2D eigenvalue weighted by atomic mass is 32.1. The van der Waals surface area contributed by atoms with E-state index in [2.05, 4.69) is 61.1 Å². The van der Waals surface area contributed by atoms with Gasteiger partial charge in [-0.1, -0.05) is 0 Å². The van der Waals surface area contributed by atoms with Crippen molar-refractivity contribution in [1.29, 1.82) is 0 Å². The van der Waals surface area contributed by atoms with Gasteiger partial charge >= 0.3 is 0 Å². The quantitative estimate of drug-likeness (QED) is 0.377. The van der Waals surface area contributed by atoms with Crippen molar-refractivity contribution in [2.45, 2.75) is 12.8 Å². The second-order valence-corrected chi connectivity index (χ2v) is 11.4. The molecule has 0 unspecified atom stereocenters. The van der Waals surface area contributed by atoms with E-state index >= 15 is 0 Å². The van der Waals surface area contributed by atoms with Gasteiger partial charge in [0.15, 0.2) is 20.5 Å². The fourth-order valence-electron chi connectivity index (χ4n) is 4.09. The molecule has 0 atom stereocenters. The van der Waals surface area contributed by atoms with Crippen LogP contribution in [0.4, 0.5) is 20.5 Å². The zero-order valence-electron chi connectivity index (χ0n) is 18.9. The zero-order chi connectivity index (χ0) is 23.0. The fourth-order valence-corrected chi connectivity index (χ4v) is 6.88. The Kier molecular flexibility index (Phi) is 8.22. The average molecular weight is 533 g/mol. The van der Waals surface area contributed by atoms with Crippen LogP contribution in [0.25, 0.3) is 0 Å². The first-order valence-corrected chi connectivity index (χ1v) is 15.0. The normalized spacial score (nSPS) is 17.2. The Bertz CT molecular complexity index is 882. The molecule has 8 nitrogen and oxygen atoms in total. The van der Waals surface area contributed by atoms with Crippen molar-refractivity contribution in [2.24, 2.45) is 0 Å². The highest BCUT2D eigenvalue weighted by molar-refractivity contribution is 7.14. The third-order valence-electron chi connectivity index (χ3n) is 5.75. The van der Waals surface area contributed by atoms with Crippen LogP contribution in [-0.2, 0) is 0 Å². The maximum atomic E-state index is 4.61. The predicted octanol–water partition coefficient (Wildman–Crippen LogP) is 4.63. The summed E-state index contributed by atoms with van der Waals surface area (Å²) in [5.74, 6) is 0. The van der Waals surface area contributed by atoms with E-state index in [-0.39, 0.29) is 0 Å². The molecular formula is C22H28N8S4. The first-order valence-electron chi connectivity index (χ1n) is 11.4. The minimum atomic E-state index is 0.931. The van der Waals surface area contributed by atoms with E-state index in [0.717, 1.165) is 85.7 Å². The smallest absolute Gasteiger partial charge is 0.185 e. The van der Waals surface area contributed by atoms with Crippen LogP contribution in [0, 0.1) is 0 Å². The van der Waals surface area contributed by atoms with Crippen LogP contribution in [0.2, 0.25) is 0 Å². The summed E-state index contributed by atoms with van der Waals surface area (Å²) in [6, 6.07) is 0. The summed E-state index contributed by atoms with van der Waals surface area (Å²) < 4.78 is 0. The number of rotatable bonds is 4. The highest BCUT2D eigenvalue weighted by Crippen LogP contribution is 2.24. The zero-order valence-corrected chi connectivity index (χ0v) is 22.2. The van der Waals surface area contributed by atoms with Gasteiger partial charge in [-0.3, -0.25) is 0 Å². The lowest BCUT2D eigenvalue weighted by Crippen LogP contribution is -2.41. The van der Waals surface area contributed by atoms with Crippen molar-refractivity contribution >= 4 is 65.9 Å². The molecule has 0 aliphatic carbocycles. The Balaban J connectivity index is 1.35. The van der Waals surface area contributed by atoms with E-state index in [1.54, 1.807) is 45.3 Å². The molecule has 1 aliphatic heterocycles. The Morgan fingerprint density at radius 3 is 0.882 bits per heavy atom. The average Bonchev–Trinajstić information content (AvgIpc) is 3.66. The minimum Gasteiger partial charge on any atom is -0.346 e. The Hall–Kier alpha value is -2.28. The monoisotopic (exact) mass is 532 g/mol. The molecule has 0 bridgehead atoms. The van der Waals surface area contributed by atoms with Gasteiger partial charge < -0.3 is 19.6 Å². The minimum absolute atomic E-state index is 0.931. The van der Waals surface area contributed by atoms with E-state index in [1.807, 2.05) is 24.8 Å².